The van der Waals surface area contributed by atoms with Gasteiger partial charge in [0.2, 0.25) is 29.5 Å². The van der Waals surface area contributed by atoms with Crippen molar-refractivity contribution in [3.63, 3.8) is 0 Å². The molecule has 2 saturated heterocycles. The van der Waals surface area contributed by atoms with Crippen LogP contribution < -0.4 is 22.5 Å². The summed E-state index contributed by atoms with van der Waals surface area (Å²) in [6.07, 6.45) is 0.821. The molecule has 172 valence electrons. The van der Waals surface area contributed by atoms with Gasteiger partial charge in [-0.15, -0.1) is 0 Å². The fourth-order valence-electron chi connectivity index (χ4n) is 3.97. The molecule has 8 N–H and O–H groups in total. The Kier molecular flexibility index (Phi) is 7.91. The van der Waals surface area contributed by atoms with Crippen molar-refractivity contribution in [1.82, 2.24) is 15.1 Å². The van der Waals surface area contributed by atoms with Crippen molar-refractivity contribution >= 4 is 35.5 Å². The maximum atomic E-state index is 13.1. The van der Waals surface area contributed by atoms with E-state index in [1.54, 1.807) is 0 Å². The smallest absolute Gasteiger partial charge is 0.326 e. The third-order valence-electron chi connectivity index (χ3n) is 5.42. The largest absolute Gasteiger partial charge is 0.480 e. The van der Waals surface area contributed by atoms with Crippen LogP contribution in [0.1, 0.15) is 38.5 Å². The van der Waals surface area contributed by atoms with Crippen LogP contribution in [0.15, 0.2) is 0 Å². The van der Waals surface area contributed by atoms with E-state index < -0.39 is 66.1 Å². The summed E-state index contributed by atoms with van der Waals surface area (Å²) < 4.78 is 0. The van der Waals surface area contributed by atoms with E-state index in [4.69, 9.17) is 17.2 Å². The summed E-state index contributed by atoms with van der Waals surface area (Å²) in [6, 6.07) is -4.42. The lowest BCUT2D eigenvalue weighted by Gasteiger charge is -2.32. The maximum absolute atomic E-state index is 13.1. The first kappa shape index (κ1) is 24.1. The fraction of sp³-hybridized carbons (Fsp3) is 0.667. The van der Waals surface area contributed by atoms with Crippen LogP contribution in [0.5, 0.6) is 0 Å². The highest BCUT2D eigenvalue weighted by Crippen LogP contribution is 2.25. The van der Waals surface area contributed by atoms with Gasteiger partial charge in [-0.25, -0.2) is 4.79 Å². The van der Waals surface area contributed by atoms with Gasteiger partial charge in [-0.2, -0.15) is 0 Å². The van der Waals surface area contributed by atoms with Crippen molar-refractivity contribution in [1.29, 1.82) is 0 Å². The van der Waals surface area contributed by atoms with E-state index in [0.29, 0.717) is 25.7 Å². The van der Waals surface area contributed by atoms with Crippen LogP contribution >= 0.6 is 0 Å². The molecule has 2 aliphatic rings. The number of likely N-dealkylation sites (tertiary alicyclic amines) is 2. The minimum Gasteiger partial charge on any atom is -0.480 e. The minimum absolute atomic E-state index is 0.260. The number of carboxylic acid groups (broad SMARTS) is 1. The molecule has 0 aromatic carbocycles. The Labute approximate surface area is 178 Å². The Morgan fingerprint density at radius 1 is 0.903 bits per heavy atom. The quantitative estimate of drug-likeness (QED) is 0.243. The summed E-state index contributed by atoms with van der Waals surface area (Å²) in [5, 5.41) is 11.4. The Hall–Kier alpha value is -3.22. The van der Waals surface area contributed by atoms with Gasteiger partial charge in [0.25, 0.3) is 0 Å². The molecular weight excluding hydrogens is 412 g/mol. The van der Waals surface area contributed by atoms with Crippen molar-refractivity contribution in [2.24, 2.45) is 17.2 Å². The molecule has 0 saturated carbocycles. The van der Waals surface area contributed by atoms with Crippen LogP contribution in [-0.4, -0.2) is 87.7 Å². The lowest BCUT2D eigenvalue weighted by Crippen LogP contribution is -2.56. The fourth-order valence-corrected chi connectivity index (χ4v) is 3.97. The zero-order valence-electron chi connectivity index (χ0n) is 17.0. The lowest BCUT2D eigenvalue weighted by atomic mass is 10.1. The van der Waals surface area contributed by atoms with Crippen molar-refractivity contribution in [2.75, 3.05) is 13.1 Å². The number of nitrogens with two attached hydrogens (primary N) is 3. The van der Waals surface area contributed by atoms with Crippen LogP contribution in [-0.2, 0) is 28.8 Å². The monoisotopic (exact) mass is 440 g/mol. The summed E-state index contributed by atoms with van der Waals surface area (Å²) in [5.74, 6) is -4.76. The highest BCUT2D eigenvalue weighted by Gasteiger charge is 2.43. The van der Waals surface area contributed by atoms with E-state index in [0.717, 1.165) is 0 Å². The second-order valence-corrected chi connectivity index (χ2v) is 7.73. The number of hydrogen-bond acceptors (Lipinski definition) is 7. The molecule has 0 aromatic heterocycles. The number of hydrogen-bond donors (Lipinski definition) is 5. The van der Waals surface area contributed by atoms with Gasteiger partial charge < -0.3 is 37.4 Å². The van der Waals surface area contributed by atoms with Gasteiger partial charge in [-0.05, 0) is 25.7 Å². The highest BCUT2D eigenvalue weighted by molar-refractivity contribution is 5.96. The van der Waals surface area contributed by atoms with Gasteiger partial charge in [0.1, 0.15) is 18.1 Å². The predicted octanol–water partition coefficient (Wildman–Crippen LogP) is -3.38. The second-order valence-electron chi connectivity index (χ2n) is 7.73. The van der Waals surface area contributed by atoms with E-state index in [-0.39, 0.29) is 19.5 Å². The molecule has 2 rings (SSSR count). The first-order chi connectivity index (χ1) is 14.5. The Morgan fingerprint density at radius 2 is 1.45 bits per heavy atom. The number of rotatable bonds is 9. The van der Waals surface area contributed by atoms with Gasteiger partial charge in [-0.1, -0.05) is 0 Å². The number of primary amides is 2. The van der Waals surface area contributed by atoms with E-state index in [2.05, 4.69) is 5.32 Å². The number of nitrogens with zero attached hydrogens (tertiary/aromatic N) is 2. The lowest BCUT2D eigenvalue weighted by molar-refractivity contribution is -0.148. The van der Waals surface area contributed by atoms with Gasteiger partial charge in [0, 0.05) is 13.1 Å². The molecule has 2 aliphatic heterocycles. The zero-order valence-corrected chi connectivity index (χ0v) is 17.0. The molecule has 13 heteroatoms. The summed E-state index contributed by atoms with van der Waals surface area (Å²) >= 11 is 0. The van der Waals surface area contributed by atoms with Crippen molar-refractivity contribution in [2.45, 2.75) is 62.7 Å². The van der Waals surface area contributed by atoms with E-state index in [1.165, 1.54) is 9.80 Å². The summed E-state index contributed by atoms with van der Waals surface area (Å²) in [7, 11) is 0. The molecular formula is C18H28N6O7. The molecule has 13 nitrogen and oxygen atoms in total. The third kappa shape index (κ3) is 5.90. The molecule has 2 fully saturated rings. The predicted molar refractivity (Wildman–Crippen MR) is 105 cm³/mol. The molecule has 0 radical (unpaired) electrons. The van der Waals surface area contributed by atoms with E-state index in [9.17, 15) is 33.9 Å². The molecule has 5 amide bonds. The molecule has 4 unspecified atom stereocenters. The van der Waals surface area contributed by atoms with Gasteiger partial charge in [0.15, 0.2) is 0 Å². The minimum atomic E-state index is -1.50. The van der Waals surface area contributed by atoms with Crippen LogP contribution in [0.2, 0.25) is 0 Å². The average molecular weight is 440 g/mol. The summed E-state index contributed by atoms with van der Waals surface area (Å²) in [5.41, 5.74) is 15.8. The van der Waals surface area contributed by atoms with Crippen molar-refractivity contribution < 1.29 is 33.9 Å². The summed E-state index contributed by atoms with van der Waals surface area (Å²) in [4.78, 5) is 74.4. The number of carbonyl (C=O) groups is 6. The highest BCUT2D eigenvalue weighted by atomic mass is 16.4. The molecule has 2 heterocycles. The molecule has 0 spiro atoms. The Morgan fingerprint density at radius 3 is 2.00 bits per heavy atom. The SMILES string of the molecule is NC(=O)CC(N)C(=O)N1CCCC1C(=O)N1CCCC1C(=O)NC(CC(N)=O)C(=O)O. The number of aliphatic carboxylic acids is 1. The summed E-state index contributed by atoms with van der Waals surface area (Å²) in [6.45, 7) is 0.544. The van der Waals surface area contributed by atoms with Crippen LogP contribution in [0.3, 0.4) is 0 Å². The normalized spacial score (nSPS) is 22.6. The van der Waals surface area contributed by atoms with Gasteiger partial charge in [-0.3, -0.25) is 24.0 Å². The van der Waals surface area contributed by atoms with Crippen LogP contribution in [0, 0.1) is 0 Å². The van der Waals surface area contributed by atoms with E-state index in [1.807, 2.05) is 0 Å². The number of nitrogens with one attached hydrogen (secondary N) is 1. The van der Waals surface area contributed by atoms with Crippen LogP contribution in [0.4, 0.5) is 0 Å². The molecule has 0 aromatic rings. The standard InChI is InChI=1S/C18H28N6O7/c19-9(7-13(20)25)16(28)24-6-2-4-12(24)17(29)23-5-1-3-11(23)15(27)22-10(18(30)31)8-14(21)26/h9-12H,1-8,19H2,(H2,20,25)(H2,21,26)(H,22,27)(H,30,31). The Balaban J connectivity index is 2.09. The molecule has 4 atom stereocenters. The number of amides is 5. The Bertz CT molecular complexity index is 772. The molecule has 31 heavy (non-hydrogen) atoms. The first-order valence-electron chi connectivity index (χ1n) is 9.99. The van der Waals surface area contributed by atoms with Gasteiger partial charge in [0.05, 0.1) is 18.9 Å². The second kappa shape index (κ2) is 10.2. The molecule has 0 bridgehead atoms. The third-order valence-corrected chi connectivity index (χ3v) is 5.42. The van der Waals surface area contributed by atoms with Crippen molar-refractivity contribution in [3.8, 4) is 0 Å². The number of carbonyl (C=O) groups excluding carboxylic acids is 5. The average Bonchev–Trinajstić information content (AvgIpc) is 3.34. The van der Waals surface area contributed by atoms with E-state index >= 15 is 0 Å². The van der Waals surface area contributed by atoms with Crippen LogP contribution in [0.25, 0.3) is 0 Å². The molecule has 0 aliphatic carbocycles. The topological polar surface area (TPSA) is 219 Å². The zero-order chi connectivity index (χ0) is 23.3. The first-order valence-corrected chi connectivity index (χ1v) is 9.99. The number of carboxylic acids is 1. The van der Waals surface area contributed by atoms with Gasteiger partial charge >= 0.3 is 5.97 Å². The van der Waals surface area contributed by atoms with Crippen molar-refractivity contribution in [3.05, 3.63) is 0 Å². The maximum Gasteiger partial charge on any atom is 0.326 e.